The number of hydrogen-bond donors (Lipinski definition) is 0. The topological polar surface area (TPSA) is 17.9 Å². The van der Waals surface area contributed by atoms with E-state index in [0.29, 0.717) is 5.69 Å². The Balaban J connectivity index is 0.955. The number of hydrogen-bond acceptors (Lipinski definition) is 5. The maximum atomic E-state index is 9.69. The molecule has 0 N–H and O–H groups in total. The molecule has 92 heavy (non-hydrogen) atoms. The molecule has 0 amide bonds. The lowest BCUT2D eigenvalue weighted by Crippen LogP contribution is -2.64. The largest absolute Gasteiger partial charge is 0.311 e. The Morgan fingerprint density at radius 2 is 0.772 bits per heavy atom. The fourth-order valence-electron chi connectivity index (χ4n) is 15.1. The second-order valence-corrected chi connectivity index (χ2v) is 24.8. The minimum atomic E-state index is -0.490. The van der Waals surface area contributed by atoms with Crippen LogP contribution < -0.4 is 52.4 Å². The average Bonchev–Trinajstić information content (AvgIpc) is 0.851. The number of para-hydroxylation sites is 9. The van der Waals surface area contributed by atoms with E-state index in [1.54, 1.807) is 16.3 Å². The summed E-state index contributed by atoms with van der Waals surface area (Å²) in [6.45, 7) is -0.664. The van der Waals surface area contributed by atoms with Crippen LogP contribution in [-0.4, -0.2) is 18.0 Å². The zero-order valence-corrected chi connectivity index (χ0v) is 50.3. The number of aromatic nitrogens is 1. The molecule has 4 aliphatic heterocycles. The van der Waals surface area contributed by atoms with Crippen LogP contribution in [0.3, 0.4) is 0 Å². The van der Waals surface area contributed by atoms with Crippen LogP contribution in [0.4, 0.5) is 68.2 Å². The van der Waals surface area contributed by atoms with Crippen LogP contribution in [0.2, 0.25) is 0 Å². The van der Waals surface area contributed by atoms with E-state index in [0.717, 1.165) is 133 Å². The Morgan fingerprint density at radius 1 is 0.315 bits per heavy atom. The smallest absolute Gasteiger partial charge is 0.252 e. The van der Waals surface area contributed by atoms with Crippen molar-refractivity contribution in [3.63, 3.8) is 0 Å². The summed E-state index contributed by atoms with van der Waals surface area (Å²) in [6.07, 6.45) is 0. The molecule has 5 nitrogen and oxygen atoms in total. The number of nitrogens with zero attached hydrogens (tertiary/aromatic N) is 5. The molecule has 428 valence electrons. The molecule has 0 saturated heterocycles. The SMILES string of the molecule is [2H]c1c([2H])c([2H])c2c(c1[2H])c1c([2H])c([2H])c([2H])c([2H])c1n2-c1cc2c3c(c1)N(c1ccccc1)c1ccccc1B3c1cc3c(cc1S2)N(c1c(-c2ccccc2)cccc1-c1ccccc1)c1cc(N(c2ccccc2)c2ccccc2)cc2c1B3c1ccccc1N2c1ccccc1. The van der Waals surface area contributed by atoms with Crippen LogP contribution in [0.15, 0.2) is 343 Å². The summed E-state index contributed by atoms with van der Waals surface area (Å²) >= 11 is 1.65. The molecule has 0 aliphatic carbocycles. The quantitative estimate of drug-likeness (QED) is 0.134. The Kier molecular flexibility index (Phi) is 10.3. The predicted molar refractivity (Wildman–Crippen MR) is 390 cm³/mol. The van der Waals surface area contributed by atoms with Gasteiger partial charge in [-0.1, -0.05) is 248 Å². The van der Waals surface area contributed by atoms with Gasteiger partial charge in [0.2, 0.25) is 6.71 Å². The molecule has 5 heterocycles. The Hall–Kier alpha value is -11.4. The molecule has 8 heteroatoms. The van der Waals surface area contributed by atoms with E-state index in [2.05, 4.69) is 287 Å². The van der Waals surface area contributed by atoms with Gasteiger partial charge in [-0.2, -0.15) is 0 Å². The number of fused-ring (bicyclic) bond motifs is 11. The molecular weight excluding hydrogens is 1130 g/mol. The fraction of sp³-hybridized carbons (Fsp3) is 0. The van der Waals surface area contributed by atoms with Gasteiger partial charge in [-0.15, -0.1) is 0 Å². The van der Waals surface area contributed by atoms with Crippen molar-refractivity contribution in [1.29, 1.82) is 0 Å². The molecule has 15 aromatic rings. The van der Waals surface area contributed by atoms with Gasteiger partial charge in [0.1, 0.15) is 0 Å². The van der Waals surface area contributed by atoms with Crippen molar-refractivity contribution in [1.82, 2.24) is 4.57 Å². The number of rotatable bonds is 9. The summed E-state index contributed by atoms with van der Waals surface area (Å²) in [5.74, 6) is 0. The van der Waals surface area contributed by atoms with Crippen molar-refractivity contribution < 1.29 is 11.0 Å². The summed E-state index contributed by atoms with van der Waals surface area (Å²) in [5.41, 5.74) is 23.2. The Bertz CT molecular complexity index is 5740. The third-order valence-electron chi connectivity index (χ3n) is 18.8. The van der Waals surface area contributed by atoms with Gasteiger partial charge >= 0.3 is 0 Å². The van der Waals surface area contributed by atoms with Crippen molar-refractivity contribution in [2.75, 3.05) is 19.6 Å². The number of benzene rings is 14. The fourth-order valence-corrected chi connectivity index (χ4v) is 16.3. The van der Waals surface area contributed by atoms with E-state index < -0.39 is 24.2 Å². The lowest BCUT2D eigenvalue weighted by Gasteiger charge is -2.46. The van der Waals surface area contributed by atoms with Gasteiger partial charge in [0.15, 0.2) is 0 Å². The van der Waals surface area contributed by atoms with Gasteiger partial charge in [-0.25, -0.2) is 0 Å². The van der Waals surface area contributed by atoms with Crippen molar-refractivity contribution in [2.24, 2.45) is 0 Å². The molecule has 1 aromatic heterocycles. The van der Waals surface area contributed by atoms with Crippen LogP contribution in [0, 0.1) is 0 Å². The molecule has 0 bridgehead atoms. The first-order valence-corrected chi connectivity index (χ1v) is 31.9. The van der Waals surface area contributed by atoms with Gasteiger partial charge in [0.25, 0.3) is 6.71 Å². The van der Waals surface area contributed by atoms with Gasteiger partial charge in [-0.3, -0.25) is 0 Å². The normalized spacial score (nSPS) is 14.3. The second kappa shape index (κ2) is 21.1. The monoisotopic (exact) mass is 1200 g/mol. The highest BCUT2D eigenvalue weighted by molar-refractivity contribution is 8.00. The van der Waals surface area contributed by atoms with Gasteiger partial charge < -0.3 is 24.2 Å². The molecule has 4 aliphatic rings. The van der Waals surface area contributed by atoms with Gasteiger partial charge in [-0.05, 0) is 142 Å². The molecule has 14 aromatic carbocycles. The minimum absolute atomic E-state index is 0.0244. The molecule has 0 fully saturated rings. The van der Waals surface area contributed by atoms with Crippen LogP contribution >= 0.6 is 11.8 Å². The lowest BCUT2D eigenvalue weighted by atomic mass is 9.31. The first-order chi connectivity index (χ1) is 49.0. The van der Waals surface area contributed by atoms with Crippen LogP contribution in [0.1, 0.15) is 11.0 Å². The maximum absolute atomic E-state index is 9.69. The summed E-state index contributed by atoms with van der Waals surface area (Å²) in [7, 11) is 0. The van der Waals surface area contributed by atoms with Gasteiger partial charge in [0.05, 0.1) is 33.4 Å². The molecule has 0 atom stereocenters. The molecule has 0 spiro atoms. The Labute approximate surface area is 551 Å². The molecular formula is C84H55B2N5S. The summed E-state index contributed by atoms with van der Waals surface area (Å²) in [4.78, 5) is 11.5. The van der Waals surface area contributed by atoms with E-state index in [1.165, 1.54) is 0 Å². The van der Waals surface area contributed by atoms with E-state index in [9.17, 15) is 5.48 Å². The van der Waals surface area contributed by atoms with Gasteiger partial charge in [0, 0.05) is 94.3 Å². The first-order valence-electron chi connectivity index (χ1n) is 35.1. The van der Waals surface area contributed by atoms with Crippen molar-refractivity contribution in [2.45, 2.75) is 9.79 Å². The van der Waals surface area contributed by atoms with Crippen molar-refractivity contribution in [3.05, 3.63) is 333 Å². The Morgan fingerprint density at radius 3 is 1.32 bits per heavy atom. The first kappa shape index (κ1) is 44.9. The highest BCUT2D eigenvalue weighted by Crippen LogP contribution is 2.54. The zero-order chi connectivity index (χ0) is 67.3. The average molecular weight is 1200 g/mol. The predicted octanol–water partition coefficient (Wildman–Crippen LogP) is 18.4. The molecule has 19 rings (SSSR count). The summed E-state index contributed by atoms with van der Waals surface area (Å²) in [6, 6.07) is 98.3. The van der Waals surface area contributed by atoms with Crippen LogP contribution in [-0.2, 0) is 0 Å². The minimum Gasteiger partial charge on any atom is -0.311 e. The maximum Gasteiger partial charge on any atom is 0.252 e. The summed E-state index contributed by atoms with van der Waals surface area (Å²) < 4.78 is 76.1. The van der Waals surface area contributed by atoms with Crippen molar-refractivity contribution >= 4 is 148 Å². The number of anilines is 12. The molecule has 0 saturated carbocycles. The van der Waals surface area contributed by atoms with E-state index in [4.69, 9.17) is 5.48 Å². The molecule has 0 radical (unpaired) electrons. The highest BCUT2D eigenvalue weighted by atomic mass is 32.2. The van der Waals surface area contributed by atoms with Crippen LogP contribution in [0.25, 0.3) is 49.7 Å². The second-order valence-electron chi connectivity index (χ2n) is 23.7. The highest BCUT2D eigenvalue weighted by Gasteiger charge is 2.48. The zero-order valence-electron chi connectivity index (χ0n) is 57.4. The van der Waals surface area contributed by atoms with E-state index in [-0.39, 0.29) is 59.4 Å². The van der Waals surface area contributed by atoms with E-state index in [1.807, 2.05) is 18.2 Å². The third kappa shape index (κ3) is 8.03. The third-order valence-corrected chi connectivity index (χ3v) is 19.9. The summed E-state index contributed by atoms with van der Waals surface area (Å²) in [5, 5.41) is 0.0487. The van der Waals surface area contributed by atoms with Crippen LogP contribution in [0.5, 0.6) is 0 Å². The van der Waals surface area contributed by atoms with Crippen molar-refractivity contribution in [3.8, 4) is 27.9 Å². The molecule has 0 unspecified atom stereocenters. The standard InChI is InChI=1S/C84H55B2N5S/c1-7-28-56(29-8-1)64-42-27-43-65(57-30-9-2-10-31-57)84(64)91-76-55-80-71(86-69-45-22-26-49-75(69)89(61-38-17-6-18-39-61)79-52-63(53-81(92-80)83(79)86)90-72-46-23-19-40-66(72)67-41-20-24-47-73(67)90)54-70(76)85-68-44-21-25-48-74(68)88(60-36-15-5-16-37-60)77-50-62(51-78(91)82(77)85)87(58-32-11-3-12-33-58)59-34-13-4-14-35-59/h1-55H/i19D,20D,23D,24D,40D,41D,46D,47D. The van der Waals surface area contributed by atoms with E-state index >= 15 is 0 Å². The lowest BCUT2D eigenvalue weighted by molar-refractivity contribution is 1.15.